The van der Waals surface area contributed by atoms with E-state index < -0.39 is 0 Å². The minimum atomic E-state index is -0.280. The lowest BCUT2D eigenvalue weighted by molar-refractivity contribution is -0.114. The zero-order valence-electron chi connectivity index (χ0n) is 18.4. The van der Waals surface area contributed by atoms with Crippen LogP contribution in [-0.4, -0.2) is 21.4 Å². The summed E-state index contributed by atoms with van der Waals surface area (Å²) in [7, 11) is 0. The Morgan fingerprint density at radius 2 is 1.58 bits per heavy atom. The molecule has 0 radical (unpaired) electrons. The molecule has 0 saturated carbocycles. The number of benzene rings is 2. The number of amides is 1. The van der Waals surface area contributed by atoms with Crippen LogP contribution in [0.4, 0.5) is 5.69 Å². The minimum Gasteiger partial charge on any atom is -0.294 e. The Kier molecular flexibility index (Phi) is 6.86. The number of nitrogens with one attached hydrogen (secondary N) is 1. The van der Waals surface area contributed by atoms with Crippen LogP contribution < -0.4 is 10.6 Å². The van der Waals surface area contributed by atoms with Gasteiger partial charge in [0.05, 0.1) is 28.2 Å². The van der Waals surface area contributed by atoms with Crippen LogP contribution in [0, 0.1) is 0 Å². The average Bonchev–Trinajstić information content (AvgIpc) is 3.26. The lowest BCUT2D eigenvalue weighted by Gasteiger charge is -2.11. The van der Waals surface area contributed by atoms with Gasteiger partial charge in [-0.2, -0.15) is 10.1 Å². The van der Waals surface area contributed by atoms with Crippen LogP contribution in [0.3, 0.4) is 0 Å². The summed E-state index contributed by atoms with van der Waals surface area (Å²) >= 11 is 12.3. The smallest absolute Gasteiger partial charge is 0.280 e. The van der Waals surface area contributed by atoms with Crippen LogP contribution in [0.2, 0.25) is 10.0 Å². The first-order valence-corrected chi connectivity index (χ1v) is 11.7. The number of aryl methyl sites for hydroxylation is 1. The van der Waals surface area contributed by atoms with Gasteiger partial charge in [-0.15, -0.1) is 0 Å². The predicted octanol–water partition coefficient (Wildman–Crippen LogP) is 6.01. The normalized spacial score (nSPS) is 14.9. The maximum Gasteiger partial charge on any atom is 0.280 e. The van der Waals surface area contributed by atoms with Crippen molar-refractivity contribution in [2.45, 2.75) is 39.5 Å². The second kappa shape index (κ2) is 9.81. The van der Waals surface area contributed by atoms with Crippen LogP contribution in [0.5, 0.6) is 0 Å². The summed E-state index contributed by atoms with van der Waals surface area (Å²) in [5.41, 5.74) is 3.28. The fraction of sp³-hybridized carbons (Fsp3) is 0.240. The van der Waals surface area contributed by atoms with E-state index in [1.807, 2.05) is 19.9 Å². The Morgan fingerprint density at radius 1 is 0.939 bits per heavy atom. The van der Waals surface area contributed by atoms with Crippen molar-refractivity contribution in [2.24, 2.45) is 5.10 Å². The van der Waals surface area contributed by atoms with Gasteiger partial charge in [0, 0.05) is 15.7 Å². The van der Waals surface area contributed by atoms with Gasteiger partial charge in [-0.1, -0.05) is 62.0 Å². The zero-order chi connectivity index (χ0) is 23.5. The second-order valence-electron chi connectivity index (χ2n) is 7.83. The molecule has 2 heterocycles. The summed E-state index contributed by atoms with van der Waals surface area (Å²) in [4.78, 5) is 26.8. The van der Waals surface area contributed by atoms with Crippen LogP contribution >= 0.6 is 23.2 Å². The quantitative estimate of drug-likeness (QED) is 0.418. The number of nitrogens with zero attached hydrogens (tertiary/aromatic N) is 3. The summed E-state index contributed by atoms with van der Waals surface area (Å²) in [6.45, 7) is 4.06. The molecule has 1 amide bonds. The zero-order valence-corrected chi connectivity index (χ0v) is 20.0. The summed E-state index contributed by atoms with van der Waals surface area (Å²) in [6.07, 6.45) is 4.60. The van der Waals surface area contributed by atoms with Crippen LogP contribution in [-0.2, 0) is 11.2 Å². The van der Waals surface area contributed by atoms with E-state index in [2.05, 4.69) is 10.2 Å². The molecule has 0 spiro atoms. The van der Waals surface area contributed by atoms with E-state index in [-0.39, 0.29) is 11.5 Å². The molecule has 1 aromatic heterocycles. The number of hydrogen-bond donors (Lipinski definition) is 1. The first-order chi connectivity index (χ1) is 15.9. The van der Waals surface area contributed by atoms with E-state index >= 15 is 0 Å². The van der Waals surface area contributed by atoms with Gasteiger partial charge in [0.1, 0.15) is 0 Å². The third-order valence-electron chi connectivity index (χ3n) is 5.35. The highest BCUT2D eigenvalue weighted by Crippen LogP contribution is 2.28. The van der Waals surface area contributed by atoms with Gasteiger partial charge in [-0.25, -0.2) is 4.68 Å². The number of halogens is 2. The molecule has 170 valence electrons. The fourth-order valence-corrected chi connectivity index (χ4v) is 4.20. The maximum absolute atomic E-state index is 13.4. The van der Waals surface area contributed by atoms with Gasteiger partial charge in [0.2, 0.25) is 0 Å². The average molecular weight is 483 g/mol. The molecular formula is C25H24Cl2N4O2. The maximum atomic E-state index is 13.4. The van der Waals surface area contributed by atoms with Crippen molar-refractivity contribution in [1.82, 2.24) is 9.78 Å². The molecule has 6 nitrogen and oxygen atoms in total. The third-order valence-corrected chi connectivity index (χ3v) is 5.82. The SMILES string of the molecule is CCCC1=NN(c2cccc(Cl)c2)C(=O)/C1=C\c1c(CCC)[nH]n(-c2cccc(Cl)c2)c1=O. The number of hydrazone groups is 1. The van der Waals surface area contributed by atoms with Gasteiger partial charge in [-0.3, -0.25) is 14.7 Å². The van der Waals surface area contributed by atoms with E-state index in [9.17, 15) is 9.59 Å². The number of aromatic nitrogens is 2. The molecule has 0 saturated heterocycles. The van der Waals surface area contributed by atoms with Gasteiger partial charge in [0.25, 0.3) is 11.5 Å². The molecule has 0 bridgehead atoms. The number of hydrogen-bond acceptors (Lipinski definition) is 3. The molecule has 2 aromatic carbocycles. The van der Waals surface area contributed by atoms with Crippen molar-refractivity contribution < 1.29 is 4.79 Å². The Morgan fingerprint density at radius 3 is 2.21 bits per heavy atom. The molecule has 33 heavy (non-hydrogen) atoms. The second-order valence-corrected chi connectivity index (χ2v) is 8.70. The molecule has 0 fully saturated rings. The highest BCUT2D eigenvalue weighted by Gasteiger charge is 2.31. The predicted molar refractivity (Wildman–Crippen MR) is 135 cm³/mol. The minimum absolute atomic E-state index is 0.238. The largest absolute Gasteiger partial charge is 0.294 e. The van der Waals surface area contributed by atoms with E-state index in [1.165, 1.54) is 9.69 Å². The highest BCUT2D eigenvalue weighted by molar-refractivity contribution is 6.33. The Labute approximate surface area is 202 Å². The first kappa shape index (κ1) is 23.1. The van der Waals surface area contributed by atoms with Gasteiger partial charge < -0.3 is 0 Å². The van der Waals surface area contributed by atoms with E-state index in [0.717, 1.165) is 18.5 Å². The summed E-state index contributed by atoms with van der Waals surface area (Å²) in [6, 6.07) is 14.1. The molecule has 3 aromatic rings. The Hall–Kier alpha value is -3.09. The highest BCUT2D eigenvalue weighted by atomic mass is 35.5. The molecule has 0 atom stereocenters. The molecule has 1 aliphatic heterocycles. The van der Waals surface area contributed by atoms with Crippen molar-refractivity contribution in [2.75, 3.05) is 5.01 Å². The number of H-pyrrole nitrogens is 1. The van der Waals surface area contributed by atoms with Crippen molar-refractivity contribution in [3.05, 3.63) is 85.8 Å². The van der Waals surface area contributed by atoms with E-state index in [4.69, 9.17) is 23.2 Å². The van der Waals surface area contributed by atoms with Crippen molar-refractivity contribution in [1.29, 1.82) is 0 Å². The number of anilines is 1. The van der Waals surface area contributed by atoms with Crippen molar-refractivity contribution in [3.63, 3.8) is 0 Å². The first-order valence-electron chi connectivity index (χ1n) is 10.9. The lowest BCUT2D eigenvalue weighted by atomic mass is 10.0. The number of rotatable bonds is 7. The molecule has 4 rings (SSSR count). The molecule has 8 heteroatoms. The summed E-state index contributed by atoms with van der Waals surface area (Å²) in [5.74, 6) is -0.280. The van der Waals surface area contributed by atoms with Gasteiger partial charge >= 0.3 is 0 Å². The Bertz CT molecular complexity index is 1320. The van der Waals surface area contributed by atoms with Crippen molar-refractivity contribution >= 4 is 46.6 Å². The van der Waals surface area contributed by atoms with E-state index in [1.54, 1.807) is 48.5 Å². The van der Waals surface area contributed by atoms with Crippen LogP contribution in [0.15, 0.2) is 64.0 Å². The number of aromatic amines is 1. The van der Waals surface area contributed by atoms with Gasteiger partial charge in [0.15, 0.2) is 0 Å². The molecule has 0 unspecified atom stereocenters. The molecular weight excluding hydrogens is 459 g/mol. The van der Waals surface area contributed by atoms with Crippen LogP contribution in [0.1, 0.15) is 44.4 Å². The monoisotopic (exact) mass is 482 g/mol. The van der Waals surface area contributed by atoms with E-state index in [0.29, 0.717) is 51.1 Å². The molecule has 1 N–H and O–H groups in total. The lowest BCUT2D eigenvalue weighted by Crippen LogP contribution is -2.22. The third kappa shape index (κ3) is 4.68. The van der Waals surface area contributed by atoms with Gasteiger partial charge in [-0.05, 0) is 55.3 Å². The Balaban J connectivity index is 1.82. The fourth-order valence-electron chi connectivity index (χ4n) is 3.83. The molecule has 0 aliphatic carbocycles. The topological polar surface area (TPSA) is 70.5 Å². The number of carbonyl (C=O) groups is 1. The van der Waals surface area contributed by atoms with Crippen molar-refractivity contribution in [3.8, 4) is 5.69 Å². The standard InChI is InChI=1S/C25H24Cl2N4O2/c1-3-7-22-20(24(32)30(28-22)18-11-5-9-16(26)13-18)15-21-23(8-4-2)29-31(25(21)33)19-12-6-10-17(27)14-19/h5-6,9-15,28H,3-4,7-8H2,1-2H3/b21-15-. The number of carbonyl (C=O) groups excluding carboxylic acids is 1. The van der Waals surface area contributed by atoms with Crippen LogP contribution in [0.25, 0.3) is 11.8 Å². The summed E-state index contributed by atoms with van der Waals surface area (Å²) in [5, 5.41) is 10.2. The summed E-state index contributed by atoms with van der Waals surface area (Å²) < 4.78 is 1.47. The molecule has 1 aliphatic rings.